The fourth-order valence-electron chi connectivity index (χ4n) is 3.73. The number of benzene rings is 1. The van der Waals surface area contributed by atoms with E-state index in [1.807, 2.05) is 6.92 Å². The van der Waals surface area contributed by atoms with Gasteiger partial charge in [-0.3, -0.25) is 19.7 Å². The number of nitrogens with one attached hydrogen (secondary N) is 1. The summed E-state index contributed by atoms with van der Waals surface area (Å²) in [6.45, 7) is 5.02. The van der Waals surface area contributed by atoms with Crippen molar-refractivity contribution in [3.8, 4) is 5.69 Å². The van der Waals surface area contributed by atoms with Crippen LogP contribution in [-0.2, 0) is 4.79 Å². The van der Waals surface area contributed by atoms with E-state index in [1.54, 1.807) is 29.3 Å². The van der Waals surface area contributed by atoms with Crippen molar-refractivity contribution >= 4 is 17.5 Å². The number of hydrogen-bond acceptors (Lipinski definition) is 5. The molecule has 1 N–H and O–H groups in total. The van der Waals surface area contributed by atoms with E-state index >= 15 is 0 Å². The summed E-state index contributed by atoms with van der Waals surface area (Å²) in [7, 11) is 0. The van der Waals surface area contributed by atoms with Crippen molar-refractivity contribution in [2.75, 3.05) is 13.1 Å². The molecule has 1 aliphatic heterocycles. The number of amides is 2. The van der Waals surface area contributed by atoms with E-state index in [1.165, 1.54) is 16.8 Å². The van der Waals surface area contributed by atoms with Crippen molar-refractivity contribution < 1.29 is 14.5 Å². The molecule has 1 aliphatic rings. The molecule has 9 nitrogen and oxygen atoms in total. The van der Waals surface area contributed by atoms with Crippen molar-refractivity contribution in [1.82, 2.24) is 20.0 Å². The maximum Gasteiger partial charge on any atom is 0.274 e. The Balaban J connectivity index is 1.67. The predicted molar refractivity (Wildman–Crippen MR) is 111 cm³/mol. The molecule has 0 saturated carbocycles. The number of piperidine rings is 1. The fraction of sp³-hybridized carbons (Fsp3) is 0.476. The molecular weight excluding hydrogens is 386 g/mol. The monoisotopic (exact) mass is 413 g/mol. The van der Waals surface area contributed by atoms with E-state index < -0.39 is 4.92 Å². The lowest BCUT2D eigenvalue weighted by Crippen LogP contribution is -2.47. The zero-order chi connectivity index (χ0) is 21.7. The lowest BCUT2D eigenvalue weighted by Gasteiger charge is -2.32. The normalized spacial score (nSPS) is 17.4. The van der Waals surface area contributed by atoms with Crippen molar-refractivity contribution in [2.24, 2.45) is 5.92 Å². The highest BCUT2D eigenvalue weighted by molar-refractivity contribution is 5.93. The number of carbonyl (C=O) groups is 2. The molecule has 2 heterocycles. The Bertz CT molecular complexity index is 926. The average molecular weight is 413 g/mol. The summed E-state index contributed by atoms with van der Waals surface area (Å²) < 4.78 is 1.45. The van der Waals surface area contributed by atoms with Crippen LogP contribution in [0.4, 0.5) is 5.69 Å². The van der Waals surface area contributed by atoms with Crippen molar-refractivity contribution in [3.05, 3.63) is 52.3 Å². The van der Waals surface area contributed by atoms with Gasteiger partial charge in [-0.05, 0) is 38.3 Å². The van der Waals surface area contributed by atoms with Crippen LogP contribution in [0.15, 0.2) is 36.5 Å². The lowest BCUT2D eigenvalue weighted by atomic mass is 9.96. The minimum Gasteiger partial charge on any atom is -0.353 e. The summed E-state index contributed by atoms with van der Waals surface area (Å²) in [6, 6.07) is 7.78. The number of nitrogens with zero attached hydrogens (tertiary/aromatic N) is 4. The Kier molecular flexibility index (Phi) is 6.81. The Labute approximate surface area is 175 Å². The molecule has 160 valence electrons. The Morgan fingerprint density at radius 1 is 1.37 bits per heavy atom. The van der Waals surface area contributed by atoms with E-state index in [9.17, 15) is 19.7 Å². The summed E-state index contributed by atoms with van der Waals surface area (Å²) in [6.07, 6.45) is 5.06. The van der Waals surface area contributed by atoms with Gasteiger partial charge in [0.1, 0.15) is 0 Å². The number of rotatable bonds is 7. The summed E-state index contributed by atoms with van der Waals surface area (Å²) in [5.41, 5.74) is 0.712. The van der Waals surface area contributed by atoms with E-state index in [0.29, 0.717) is 18.8 Å². The van der Waals surface area contributed by atoms with Gasteiger partial charge in [-0.1, -0.05) is 19.4 Å². The second-order valence-electron chi connectivity index (χ2n) is 7.71. The first-order valence-electron chi connectivity index (χ1n) is 10.3. The highest BCUT2D eigenvalue weighted by Gasteiger charge is 2.30. The molecule has 2 amide bonds. The van der Waals surface area contributed by atoms with Gasteiger partial charge in [-0.2, -0.15) is 5.10 Å². The smallest absolute Gasteiger partial charge is 0.274 e. The number of aromatic nitrogens is 2. The molecule has 0 unspecified atom stereocenters. The van der Waals surface area contributed by atoms with Gasteiger partial charge >= 0.3 is 0 Å². The number of nitro groups is 1. The molecule has 1 fully saturated rings. The first-order valence-corrected chi connectivity index (χ1v) is 10.3. The SMILES string of the molecule is CCC[C@@H](C)NC(=O)[C@@H]1CCCN(C(=O)c2ccn(-c3cccc([N+](=O)[O-])c3)n2)C1. The van der Waals surface area contributed by atoms with Gasteiger partial charge < -0.3 is 10.2 Å². The molecule has 2 aromatic rings. The number of carbonyl (C=O) groups excluding carboxylic acids is 2. The van der Waals surface area contributed by atoms with Crippen LogP contribution in [0.2, 0.25) is 0 Å². The number of likely N-dealkylation sites (tertiary alicyclic amines) is 1. The van der Waals surface area contributed by atoms with Gasteiger partial charge in [0.2, 0.25) is 5.91 Å². The van der Waals surface area contributed by atoms with Gasteiger partial charge in [0.25, 0.3) is 11.6 Å². The van der Waals surface area contributed by atoms with Crippen molar-refractivity contribution in [3.63, 3.8) is 0 Å². The molecule has 1 saturated heterocycles. The maximum absolute atomic E-state index is 12.9. The molecule has 3 rings (SSSR count). The summed E-state index contributed by atoms with van der Waals surface area (Å²) >= 11 is 0. The molecule has 0 bridgehead atoms. The average Bonchev–Trinajstić information content (AvgIpc) is 3.24. The molecule has 0 aliphatic carbocycles. The number of hydrogen-bond donors (Lipinski definition) is 1. The molecule has 1 aromatic carbocycles. The van der Waals surface area contributed by atoms with Gasteiger partial charge in [0, 0.05) is 37.5 Å². The Hall–Kier alpha value is -3.23. The van der Waals surface area contributed by atoms with Crippen LogP contribution in [0.1, 0.15) is 50.0 Å². The van der Waals surface area contributed by atoms with Gasteiger partial charge in [0.15, 0.2) is 5.69 Å². The topological polar surface area (TPSA) is 110 Å². The van der Waals surface area contributed by atoms with E-state index in [-0.39, 0.29) is 35.2 Å². The summed E-state index contributed by atoms with van der Waals surface area (Å²) in [4.78, 5) is 37.6. The standard InChI is InChI=1S/C21H27N5O4/c1-3-6-15(2)22-20(27)16-7-5-11-24(14-16)21(28)19-10-12-25(23-19)17-8-4-9-18(13-17)26(29)30/h4,8-10,12-13,15-16H,3,5-7,11,14H2,1-2H3,(H,22,27)/t15-,16-/m1/s1. The van der Waals surface area contributed by atoms with Crippen LogP contribution < -0.4 is 5.32 Å². The quantitative estimate of drug-likeness (QED) is 0.554. The highest BCUT2D eigenvalue weighted by Crippen LogP contribution is 2.20. The summed E-state index contributed by atoms with van der Waals surface area (Å²) in [5, 5.41) is 18.3. The molecular formula is C21H27N5O4. The second kappa shape index (κ2) is 9.51. The van der Waals surface area contributed by atoms with Crippen molar-refractivity contribution in [2.45, 2.75) is 45.6 Å². The first-order chi connectivity index (χ1) is 14.4. The van der Waals surface area contributed by atoms with E-state index in [2.05, 4.69) is 17.3 Å². The van der Waals surface area contributed by atoms with Gasteiger partial charge in [0.05, 0.1) is 16.5 Å². The largest absolute Gasteiger partial charge is 0.353 e. The number of nitro benzene ring substituents is 1. The lowest BCUT2D eigenvalue weighted by molar-refractivity contribution is -0.384. The molecule has 0 spiro atoms. The third-order valence-corrected chi connectivity index (χ3v) is 5.30. The minimum absolute atomic E-state index is 0.00410. The molecule has 9 heteroatoms. The van der Waals surface area contributed by atoms with Crippen LogP contribution >= 0.6 is 0 Å². The zero-order valence-corrected chi connectivity index (χ0v) is 17.3. The second-order valence-corrected chi connectivity index (χ2v) is 7.71. The minimum atomic E-state index is -0.473. The third kappa shape index (κ3) is 5.03. The highest BCUT2D eigenvalue weighted by atomic mass is 16.6. The first kappa shape index (κ1) is 21.5. The van der Waals surface area contributed by atoms with Crippen molar-refractivity contribution in [1.29, 1.82) is 0 Å². The molecule has 30 heavy (non-hydrogen) atoms. The maximum atomic E-state index is 12.9. The third-order valence-electron chi connectivity index (χ3n) is 5.30. The van der Waals surface area contributed by atoms with Gasteiger partial charge in [-0.25, -0.2) is 4.68 Å². The van der Waals surface area contributed by atoms with E-state index in [0.717, 1.165) is 25.7 Å². The molecule has 2 atom stereocenters. The fourth-order valence-corrected chi connectivity index (χ4v) is 3.73. The zero-order valence-electron chi connectivity index (χ0n) is 17.3. The molecule has 0 radical (unpaired) electrons. The van der Waals surface area contributed by atoms with Crippen LogP contribution in [-0.4, -0.2) is 50.5 Å². The Morgan fingerprint density at radius 2 is 2.17 bits per heavy atom. The van der Waals surface area contributed by atoms with Crippen LogP contribution in [0.25, 0.3) is 5.69 Å². The summed E-state index contributed by atoms with van der Waals surface area (Å²) in [5.74, 6) is -0.463. The number of non-ortho nitro benzene ring substituents is 1. The van der Waals surface area contributed by atoms with Crippen LogP contribution in [0, 0.1) is 16.0 Å². The van der Waals surface area contributed by atoms with Crippen LogP contribution in [0.5, 0.6) is 0 Å². The predicted octanol–water partition coefficient (Wildman–Crippen LogP) is 2.94. The van der Waals surface area contributed by atoms with Gasteiger partial charge in [-0.15, -0.1) is 0 Å². The van der Waals surface area contributed by atoms with Crippen LogP contribution in [0.3, 0.4) is 0 Å². The Morgan fingerprint density at radius 3 is 2.90 bits per heavy atom. The van der Waals surface area contributed by atoms with E-state index in [4.69, 9.17) is 0 Å². The molecule has 1 aromatic heterocycles.